The van der Waals surface area contributed by atoms with Gasteiger partial charge in [0.25, 0.3) is 0 Å². The topological polar surface area (TPSA) is 55.1 Å². The number of nitrogens with one attached hydrogen (secondary N) is 1. The molecule has 5 nitrogen and oxygen atoms in total. The Morgan fingerprint density at radius 3 is 2.89 bits per heavy atom. The van der Waals surface area contributed by atoms with Crippen LogP contribution in [0.25, 0.3) is 22.6 Å². The highest BCUT2D eigenvalue weighted by molar-refractivity contribution is 9.09. The predicted molar refractivity (Wildman–Crippen MR) is 114 cm³/mol. The molecule has 0 saturated carbocycles. The summed E-state index contributed by atoms with van der Waals surface area (Å²) in [6.45, 7) is 2.11. The number of allylic oxidation sites excluding steroid dienone is 6. The Morgan fingerprint density at radius 1 is 1.25 bits per heavy atom. The van der Waals surface area contributed by atoms with Crippen LogP contribution >= 0.6 is 15.9 Å². The summed E-state index contributed by atoms with van der Waals surface area (Å²) >= 11 is 3.32. The summed E-state index contributed by atoms with van der Waals surface area (Å²) in [4.78, 5) is 13.2. The number of hydrogen-bond acceptors (Lipinski definition) is 4. The number of fused-ring (bicyclic) bond motifs is 1. The summed E-state index contributed by atoms with van der Waals surface area (Å²) in [5.74, 6) is 0.282. The maximum atomic E-state index is 14.0. The predicted octanol–water partition coefficient (Wildman–Crippen LogP) is 4.97. The normalized spacial score (nSPS) is 16.6. The second-order valence-corrected chi connectivity index (χ2v) is 7.36. The van der Waals surface area contributed by atoms with Crippen LogP contribution in [0.2, 0.25) is 0 Å². The van der Waals surface area contributed by atoms with Gasteiger partial charge in [-0.15, -0.1) is 0 Å². The fourth-order valence-corrected chi connectivity index (χ4v) is 3.42. The molecule has 0 saturated heterocycles. The Morgan fingerprint density at radius 2 is 2.11 bits per heavy atom. The van der Waals surface area contributed by atoms with Crippen LogP contribution < -0.4 is 5.32 Å². The van der Waals surface area contributed by atoms with Crippen LogP contribution in [-0.2, 0) is 6.42 Å². The van der Waals surface area contributed by atoms with Crippen LogP contribution in [0.4, 0.5) is 10.3 Å². The fraction of sp³-hybridized carbons (Fsp3) is 0.190. The maximum absolute atomic E-state index is 14.0. The SMILES string of the molecule is CCc1ccn2c(-c3ccnc(NC)n3)c(C3=CC=C(F)C(Br)C=C3)nc2c1. The molecule has 142 valence electrons. The monoisotopic (exact) mass is 439 g/mol. The molecule has 28 heavy (non-hydrogen) atoms. The maximum Gasteiger partial charge on any atom is 0.222 e. The van der Waals surface area contributed by atoms with Gasteiger partial charge in [0.05, 0.1) is 21.9 Å². The molecule has 0 spiro atoms. The standard InChI is InChI=1S/C21H19BrFN5/c1-3-13-9-11-28-18(12-13)27-19(14-4-6-15(22)16(23)7-5-14)20(28)17-8-10-25-21(24-2)26-17/h4-12,15H,3H2,1-2H3,(H,24,25,26). The second kappa shape index (κ2) is 7.67. The molecule has 3 aromatic heterocycles. The van der Waals surface area contributed by atoms with Crippen molar-refractivity contribution in [1.82, 2.24) is 19.4 Å². The van der Waals surface area contributed by atoms with Gasteiger partial charge in [0.2, 0.25) is 5.95 Å². The van der Waals surface area contributed by atoms with Gasteiger partial charge in [-0.05, 0) is 36.3 Å². The smallest absolute Gasteiger partial charge is 0.222 e. The van der Waals surface area contributed by atoms with E-state index in [-0.39, 0.29) is 5.83 Å². The second-order valence-electron chi connectivity index (χ2n) is 6.38. The zero-order valence-electron chi connectivity index (χ0n) is 15.5. The molecule has 1 aliphatic carbocycles. The van der Waals surface area contributed by atoms with Crippen LogP contribution in [0.15, 0.2) is 60.7 Å². The zero-order valence-corrected chi connectivity index (χ0v) is 17.1. The van der Waals surface area contributed by atoms with E-state index in [1.807, 2.05) is 22.7 Å². The lowest BCUT2D eigenvalue weighted by Gasteiger charge is -2.07. The minimum absolute atomic E-state index is 0.246. The average Bonchev–Trinajstić information content (AvgIpc) is 3.02. The van der Waals surface area contributed by atoms with Crippen molar-refractivity contribution in [3.63, 3.8) is 0 Å². The first-order valence-electron chi connectivity index (χ1n) is 9.03. The van der Waals surface area contributed by atoms with Crippen molar-refractivity contribution in [1.29, 1.82) is 0 Å². The van der Waals surface area contributed by atoms with E-state index in [0.717, 1.165) is 34.7 Å². The summed E-state index contributed by atoms with van der Waals surface area (Å²) in [5, 5.41) is 2.97. The van der Waals surface area contributed by atoms with Gasteiger partial charge in [-0.3, -0.25) is 4.40 Å². The first-order chi connectivity index (χ1) is 13.6. The lowest BCUT2D eigenvalue weighted by molar-refractivity contribution is 0.626. The summed E-state index contributed by atoms with van der Waals surface area (Å²) in [6.07, 6.45) is 11.5. The average molecular weight is 440 g/mol. The summed E-state index contributed by atoms with van der Waals surface area (Å²) in [5.41, 5.74) is 5.17. The largest absolute Gasteiger partial charge is 0.357 e. The third-order valence-electron chi connectivity index (χ3n) is 4.62. The van der Waals surface area contributed by atoms with Gasteiger partial charge in [-0.2, -0.15) is 0 Å². The highest BCUT2D eigenvalue weighted by atomic mass is 79.9. The molecule has 0 amide bonds. The first-order valence-corrected chi connectivity index (χ1v) is 9.94. The summed E-state index contributed by atoms with van der Waals surface area (Å²) in [6, 6.07) is 6.00. The van der Waals surface area contributed by atoms with Crippen LogP contribution in [0.3, 0.4) is 0 Å². The minimum Gasteiger partial charge on any atom is -0.357 e. The molecule has 3 heterocycles. The molecular formula is C21H19BrFN5. The van der Waals surface area contributed by atoms with E-state index in [1.54, 1.807) is 25.4 Å². The van der Waals surface area contributed by atoms with E-state index in [0.29, 0.717) is 5.95 Å². The molecule has 1 aliphatic rings. The third-order valence-corrected chi connectivity index (χ3v) is 5.37. The number of halogens is 2. The number of rotatable bonds is 4. The number of hydrogen-bond donors (Lipinski definition) is 1. The number of aryl methyl sites for hydroxylation is 1. The number of alkyl halides is 1. The Bertz CT molecular complexity index is 1130. The molecule has 0 radical (unpaired) electrons. The quantitative estimate of drug-likeness (QED) is 0.583. The van der Waals surface area contributed by atoms with Crippen molar-refractivity contribution in [3.8, 4) is 11.4 Å². The molecular weight excluding hydrogens is 421 g/mol. The molecule has 7 heteroatoms. The van der Waals surface area contributed by atoms with Gasteiger partial charge in [0.15, 0.2) is 0 Å². The molecule has 4 rings (SSSR count). The van der Waals surface area contributed by atoms with Crippen LogP contribution in [0.1, 0.15) is 18.2 Å². The highest BCUT2D eigenvalue weighted by Crippen LogP contribution is 2.32. The number of aromatic nitrogens is 4. The Labute approximate surface area is 170 Å². The molecule has 0 fully saturated rings. The van der Waals surface area contributed by atoms with E-state index < -0.39 is 4.83 Å². The van der Waals surface area contributed by atoms with Crippen molar-refractivity contribution < 1.29 is 4.39 Å². The van der Waals surface area contributed by atoms with Gasteiger partial charge >= 0.3 is 0 Å². The molecule has 1 atom stereocenters. The first kappa shape index (κ1) is 18.6. The highest BCUT2D eigenvalue weighted by Gasteiger charge is 2.20. The summed E-state index contributed by atoms with van der Waals surface area (Å²) < 4.78 is 16.0. The van der Waals surface area contributed by atoms with Crippen LogP contribution in [0, 0.1) is 0 Å². The number of pyridine rings is 1. The van der Waals surface area contributed by atoms with Crippen molar-refractivity contribution in [2.45, 2.75) is 18.2 Å². The van der Waals surface area contributed by atoms with E-state index in [9.17, 15) is 4.39 Å². The molecule has 0 aromatic carbocycles. The van der Waals surface area contributed by atoms with Gasteiger partial charge in [-0.1, -0.05) is 41.1 Å². The zero-order chi connectivity index (χ0) is 19.7. The van der Waals surface area contributed by atoms with E-state index in [1.165, 1.54) is 11.6 Å². The minimum atomic E-state index is -0.441. The van der Waals surface area contributed by atoms with Crippen molar-refractivity contribution in [2.24, 2.45) is 0 Å². The number of imidazole rings is 1. The van der Waals surface area contributed by atoms with Crippen molar-refractivity contribution in [2.75, 3.05) is 12.4 Å². The Balaban J connectivity index is 1.98. The van der Waals surface area contributed by atoms with Gasteiger partial charge in [0, 0.05) is 25.0 Å². The van der Waals surface area contributed by atoms with E-state index in [2.05, 4.69) is 50.3 Å². The Kier molecular flexibility index (Phi) is 5.09. The van der Waals surface area contributed by atoms with Gasteiger partial charge in [0.1, 0.15) is 11.5 Å². The molecule has 0 aliphatic heterocycles. The summed E-state index contributed by atoms with van der Waals surface area (Å²) in [7, 11) is 1.78. The molecule has 0 bridgehead atoms. The lowest BCUT2D eigenvalue weighted by atomic mass is 10.1. The lowest BCUT2D eigenvalue weighted by Crippen LogP contribution is -1.99. The molecule has 1 N–H and O–H groups in total. The molecule has 3 aromatic rings. The third kappa shape index (κ3) is 3.38. The van der Waals surface area contributed by atoms with Crippen molar-refractivity contribution >= 4 is 33.1 Å². The van der Waals surface area contributed by atoms with Crippen molar-refractivity contribution in [3.05, 3.63) is 72.0 Å². The number of nitrogens with zero attached hydrogens (tertiary/aromatic N) is 4. The molecule has 1 unspecified atom stereocenters. The Hall–Kier alpha value is -2.80. The fourth-order valence-electron chi connectivity index (χ4n) is 3.12. The van der Waals surface area contributed by atoms with Crippen LogP contribution in [0.5, 0.6) is 0 Å². The van der Waals surface area contributed by atoms with Gasteiger partial charge < -0.3 is 5.32 Å². The number of anilines is 1. The van der Waals surface area contributed by atoms with Gasteiger partial charge in [-0.25, -0.2) is 19.3 Å². The van der Waals surface area contributed by atoms with E-state index in [4.69, 9.17) is 4.98 Å². The van der Waals surface area contributed by atoms with E-state index >= 15 is 0 Å². The van der Waals surface area contributed by atoms with Crippen LogP contribution in [-0.4, -0.2) is 31.2 Å².